The number of halogens is 1. The monoisotopic (exact) mass is 267 g/mol. The van der Waals surface area contributed by atoms with Crippen LogP contribution in [0.5, 0.6) is 0 Å². The van der Waals surface area contributed by atoms with Crippen LogP contribution in [-0.4, -0.2) is 36.1 Å². The van der Waals surface area contributed by atoms with E-state index in [0.29, 0.717) is 0 Å². The Morgan fingerprint density at radius 1 is 1.33 bits per heavy atom. The molecule has 0 amide bonds. The molecule has 0 bridgehead atoms. The van der Waals surface area contributed by atoms with Gasteiger partial charge in [0.2, 0.25) is 0 Å². The van der Waals surface area contributed by atoms with Crippen molar-refractivity contribution in [2.75, 3.05) is 31.5 Å². The molecule has 0 saturated heterocycles. The van der Waals surface area contributed by atoms with Crippen molar-refractivity contribution in [1.29, 1.82) is 0 Å². The molecule has 0 atom stereocenters. The first-order valence-corrected chi connectivity index (χ1v) is 5.87. The van der Waals surface area contributed by atoms with E-state index in [9.17, 15) is 0 Å². The van der Waals surface area contributed by atoms with E-state index in [1.165, 1.54) is 0 Å². The van der Waals surface area contributed by atoms with Crippen LogP contribution in [0.1, 0.15) is 0 Å². The first-order valence-electron chi connectivity index (χ1n) is 5.07. The summed E-state index contributed by atoms with van der Waals surface area (Å²) >= 11 is 3.36. The fourth-order valence-electron chi connectivity index (χ4n) is 1.53. The van der Waals surface area contributed by atoms with Crippen LogP contribution >= 0.6 is 15.9 Å². The molecule has 2 heterocycles. The van der Waals surface area contributed by atoms with Crippen molar-refractivity contribution in [3.05, 3.63) is 35.0 Å². The summed E-state index contributed by atoms with van der Waals surface area (Å²) in [6, 6.07) is 3.97. The quantitative estimate of drug-likeness (QED) is 0.848. The second-order valence-electron chi connectivity index (χ2n) is 3.52. The Balaban J connectivity index is 1.71. The summed E-state index contributed by atoms with van der Waals surface area (Å²) in [4.78, 5) is 6.63. The van der Waals surface area contributed by atoms with Gasteiger partial charge in [0.15, 0.2) is 0 Å². The van der Waals surface area contributed by atoms with Crippen molar-refractivity contribution < 1.29 is 0 Å². The van der Waals surface area contributed by atoms with Gasteiger partial charge in [-0.25, -0.2) is 4.98 Å². The van der Waals surface area contributed by atoms with Crippen molar-refractivity contribution in [3.63, 3.8) is 0 Å². The van der Waals surface area contributed by atoms with Crippen LogP contribution in [0.2, 0.25) is 0 Å². The molecule has 3 nitrogen and oxygen atoms in total. The van der Waals surface area contributed by atoms with E-state index in [1.54, 1.807) is 6.20 Å². The Labute approximate surface area is 98.3 Å². The highest BCUT2D eigenvalue weighted by Gasteiger charge is 2.04. The minimum Gasteiger partial charge on any atom is -0.369 e. The summed E-state index contributed by atoms with van der Waals surface area (Å²) in [6.07, 6.45) is 6.22. The molecule has 80 valence electrons. The highest BCUT2D eigenvalue weighted by molar-refractivity contribution is 9.10. The van der Waals surface area contributed by atoms with Gasteiger partial charge in [-0.15, -0.1) is 0 Å². The third kappa shape index (κ3) is 3.32. The number of hydrogen-bond acceptors (Lipinski definition) is 3. The predicted molar refractivity (Wildman–Crippen MR) is 66.0 cm³/mol. The zero-order valence-corrected chi connectivity index (χ0v) is 10.1. The molecule has 0 radical (unpaired) electrons. The van der Waals surface area contributed by atoms with Crippen LogP contribution in [0.15, 0.2) is 35.0 Å². The number of nitrogens with one attached hydrogen (secondary N) is 1. The van der Waals surface area contributed by atoms with Crippen molar-refractivity contribution >= 4 is 21.7 Å². The van der Waals surface area contributed by atoms with E-state index in [1.807, 2.05) is 12.1 Å². The normalized spacial score (nSPS) is 15.8. The number of nitrogens with zero attached hydrogens (tertiary/aromatic N) is 2. The second-order valence-corrected chi connectivity index (χ2v) is 4.44. The fraction of sp³-hybridized carbons (Fsp3) is 0.364. The van der Waals surface area contributed by atoms with Gasteiger partial charge in [0.1, 0.15) is 5.82 Å². The number of aromatic nitrogens is 1. The molecule has 1 aromatic rings. The van der Waals surface area contributed by atoms with Gasteiger partial charge in [-0.2, -0.15) is 0 Å². The van der Waals surface area contributed by atoms with Gasteiger partial charge >= 0.3 is 0 Å². The molecule has 0 aromatic carbocycles. The zero-order valence-electron chi connectivity index (χ0n) is 8.49. The molecule has 1 aliphatic rings. The van der Waals surface area contributed by atoms with Gasteiger partial charge in [-0.1, -0.05) is 12.2 Å². The molecule has 15 heavy (non-hydrogen) atoms. The van der Waals surface area contributed by atoms with Crippen molar-refractivity contribution in [2.24, 2.45) is 0 Å². The molecule has 1 aromatic heterocycles. The van der Waals surface area contributed by atoms with E-state index < -0.39 is 0 Å². The van der Waals surface area contributed by atoms with Gasteiger partial charge < -0.3 is 5.32 Å². The van der Waals surface area contributed by atoms with E-state index in [2.05, 4.69) is 43.3 Å². The molecule has 0 aliphatic carbocycles. The number of pyridine rings is 1. The molecule has 2 rings (SSSR count). The fourth-order valence-corrected chi connectivity index (χ4v) is 1.76. The maximum Gasteiger partial charge on any atom is 0.126 e. The number of hydrogen-bond donors (Lipinski definition) is 1. The van der Waals surface area contributed by atoms with E-state index in [0.717, 1.165) is 36.5 Å². The van der Waals surface area contributed by atoms with Gasteiger partial charge in [0, 0.05) is 36.8 Å². The first kappa shape index (κ1) is 10.6. The van der Waals surface area contributed by atoms with Crippen LogP contribution < -0.4 is 5.32 Å². The third-order valence-corrected chi connectivity index (χ3v) is 2.82. The van der Waals surface area contributed by atoms with E-state index in [-0.39, 0.29) is 0 Å². The Morgan fingerprint density at radius 2 is 2.13 bits per heavy atom. The van der Waals surface area contributed by atoms with Gasteiger partial charge in [-0.3, -0.25) is 4.90 Å². The summed E-state index contributed by atoms with van der Waals surface area (Å²) in [5.41, 5.74) is 0. The Bertz CT molecular complexity index is 326. The van der Waals surface area contributed by atoms with Gasteiger partial charge in [0.25, 0.3) is 0 Å². The molecule has 4 heteroatoms. The number of anilines is 1. The minimum atomic E-state index is 0.936. The molecule has 0 spiro atoms. The summed E-state index contributed by atoms with van der Waals surface area (Å²) < 4.78 is 1.01. The largest absolute Gasteiger partial charge is 0.369 e. The van der Waals surface area contributed by atoms with Crippen LogP contribution in [0.4, 0.5) is 5.82 Å². The lowest BCUT2D eigenvalue weighted by Crippen LogP contribution is -2.26. The first-order chi connectivity index (χ1) is 7.34. The standard InChI is InChI=1S/C11H14BrN3/c12-10-3-4-11(14-9-10)13-5-8-15-6-1-2-7-15/h1-4,9H,5-8H2,(H,13,14). The molecule has 0 unspecified atom stereocenters. The Kier molecular flexibility index (Phi) is 3.75. The van der Waals surface area contributed by atoms with Crippen molar-refractivity contribution in [3.8, 4) is 0 Å². The summed E-state index contributed by atoms with van der Waals surface area (Å²) in [6.45, 7) is 4.16. The maximum atomic E-state index is 4.25. The highest BCUT2D eigenvalue weighted by atomic mass is 79.9. The zero-order chi connectivity index (χ0) is 10.5. The average Bonchev–Trinajstić information content (AvgIpc) is 2.74. The van der Waals surface area contributed by atoms with Crippen LogP contribution in [-0.2, 0) is 0 Å². The molecular weight excluding hydrogens is 254 g/mol. The molecule has 0 fully saturated rings. The molecular formula is C11H14BrN3. The highest BCUT2D eigenvalue weighted by Crippen LogP contribution is 2.10. The molecule has 0 saturated carbocycles. The van der Waals surface area contributed by atoms with Crippen LogP contribution in [0.3, 0.4) is 0 Å². The SMILES string of the molecule is Brc1ccc(NCCN2CC=CC2)nc1. The average molecular weight is 268 g/mol. The van der Waals surface area contributed by atoms with E-state index in [4.69, 9.17) is 0 Å². The lowest BCUT2D eigenvalue weighted by Gasteiger charge is -2.14. The van der Waals surface area contributed by atoms with E-state index >= 15 is 0 Å². The smallest absolute Gasteiger partial charge is 0.126 e. The Morgan fingerprint density at radius 3 is 2.80 bits per heavy atom. The van der Waals surface area contributed by atoms with Crippen LogP contribution in [0.25, 0.3) is 0 Å². The van der Waals surface area contributed by atoms with Crippen molar-refractivity contribution in [1.82, 2.24) is 9.88 Å². The molecule has 1 N–H and O–H groups in total. The van der Waals surface area contributed by atoms with Crippen molar-refractivity contribution in [2.45, 2.75) is 0 Å². The number of rotatable bonds is 4. The maximum absolute atomic E-state index is 4.25. The van der Waals surface area contributed by atoms with Gasteiger partial charge in [0.05, 0.1) is 0 Å². The summed E-state index contributed by atoms with van der Waals surface area (Å²) in [7, 11) is 0. The summed E-state index contributed by atoms with van der Waals surface area (Å²) in [5.74, 6) is 0.936. The van der Waals surface area contributed by atoms with Crippen LogP contribution in [0, 0.1) is 0 Å². The minimum absolute atomic E-state index is 0.936. The Hall–Kier alpha value is -0.870. The lowest BCUT2D eigenvalue weighted by atomic mass is 10.4. The topological polar surface area (TPSA) is 28.2 Å². The summed E-state index contributed by atoms with van der Waals surface area (Å²) in [5, 5.41) is 3.30. The molecule has 1 aliphatic heterocycles. The third-order valence-electron chi connectivity index (χ3n) is 2.36. The predicted octanol–water partition coefficient (Wildman–Crippen LogP) is 2.13. The second kappa shape index (κ2) is 5.28. The van der Waals surface area contributed by atoms with Gasteiger partial charge in [-0.05, 0) is 28.1 Å². The lowest BCUT2D eigenvalue weighted by molar-refractivity contribution is 0.367.